The van der Waals surface area contributed by atoms with E-state index >= 15 is 0 Å². The van der Waals surface area contributed by atoms with Gasteiger partial charge in [0.1, 0.15) is 35.4 Å². The Hall–Kier alpha value is -6.84. The number of imide groups is 2. The van der Waals surface area contributed by atoms with Gasteiger partial charge in [-0.2, -0.15) is 5.10 Å². The minimum Gasteiger partial charge on any atom is -0.457 e. The van der Waals surface area contributed by atoms with Crippen molar-refractivity contribution in [3.05, 3.63) is 90.3 Å². The van der Waals surface area contributed by atoms with E-state index in [0.29, 0.717) is 58.8 Å². The summed E-state index contributed by atoms with van der Waals surface area (Å²) in [6.45, 7) is 4.31. The van der Waals surface area contributed by atoms with Gasteiger partial charge in [0.05, 0.1) is 22.6 Å². The summed E-state index contributed by atoms with van der Waals surface area (Å²) in [6, 6.07) is 21.7. The monoisotopic (exact) mass is 836 g/mol. The van der Waals surface area contributed by atoms with Crippen LogP contribution in [0.3, 0.4) is 0 Å². The predicted molar refractivity (Wildman–Crippen MR) is 229 cm³/mol. The Balaban J connectivity index is 0.745. The average molecular weight is 837 g/mol. The first kappa shape index (κ1) is 39.3. The number of hydrogen-bond acceptors (Lipinski definition) is 11. The quantitative estimate of drug-likeness (QED) is 0.193. The number of nitrogen functional groups attached to an aromatic ring is 1. The fourth-order valence-corrected chi connectivity index (χ4v) is 10.1. The van der Waals surface area contributed by atoms with Crippen LogP contribution in [0.15, 0.2) is 79.1 Å². The molecule has 0 spiro atoms. The number of para-hydroxylation sites is 1. The smallest absolute Gasteiger partial charge is 0.320 e. The number of anilines is 2. The molecule has 2 unspecified atom stereocenters. The number of aromatic nitrogens is 4. The molecule has 318 valence electrons. The van der Waals surface area contributed by atoms with Crippen LogP contribution in [-0.4, -0.2) is 109 Å². The van der Waals surface area contributed by atoms with Gasteiger partial charge in [-0.1, -0.05) is 18.2 Å². The van der Waals surface area contributed by atoms with Crippen LogP contribution in [0.2, 0.25) is 0 Å². The SMILES string of the molecule is Nc1ncnc2c1c(-c1ccc(Oc3ccccc3)cc1)nn2C1CCCN(C(=O)N2CCC(C3CCN(c4ccc5c(c4)C(=O)N(C4CCC(=O)NC4=O)C5=O)CC3)CC2)C1. The molecule has 62 heavy (non-hydrogen) atoms. The van der Waals surface area contributed by atoms with E-state index < -0.39 is 29.7 Å². The van der Waals surface area contributed by atoms with Crippen molar-refractivity contribution in [2.75, 3.05) is 49.9 Å². The van der Waals surface area contributed by atoms with Crippen LogP contribution in [0.5, 0.6) is 11.5 Å². The molecule has 5 aliphatic heterocycles. The average Bonchev–Trinajstić information content (AvgIpc) is 3.82. The molecular weight excluding hydrogens is 789 g/mol. The maximum Gasteiger partial charge on any atom is 0.320 e. The van der Waals surface area contributed by atoms with Crippen LogP contribution >= 0.6 is 0 Å². The Morgan fingerprint density at radius 3 is 2.19 bits per heavy atom. The number of benzene rings is 3. The van der Waals surface area contributed by atoms with Crippen LogP contribution < -0.4 is 20.7 Å². The number of hydrogen-bond donors (Lipinski definition) is 2. The number of piperidine rings is 4. The standard InChI is InChI=1S/C46H48N10O6/c47-41-39-40(30-8-11-34(12-9-30)62-33-6-2-1-3-7-33)51-56(42(39)49-27-48-41)32-5-4-20-54(26-32)46(61)53-23-18-29(19-24-53)28-16-21-52(22-17-28)31-10-13-35-36(25-31)45(60)55(44(35)59)37-14-15-38(57)50-43(37)58/h1-3,6-13,25,27-29,32,37H,4-5,14-24,26H2,(H2,47,48,49)(H,50,57,58). The van der Waals surface area contributed by atoms with Gasteiger partial charge in [0.15, 0.2) is 5.65 Å². The normalized spacial score (nSPS) is 21.4. The Bertz CT molecular complexity index is 2560. The first-order valence-electron chi connectivity index (χ1n) is 21.7. The third-order valence-electron chi connectivity index (χ3n) is 13.4. The number of amides is 6. The minimum absolute atomic E-state index is 0.0728. The molecule has 16 nitrogen and oxygen atoms in total. The van der Waals surface area contributed by atoms with Crippen molar-refractivity contribution >= 4 is 52.2 Å². The van der Waals surface area contributed by atoms with Gasteiger partial charge in [0.2, 0.25) is 11.8 Å². The van der Waals surface area contributed by atoms with Crippen LogP contribution in [-0.2, 0) is 9.59 Å². The third kappa shape index (κ3) is 7.26. The summed E-state index contributed by atoms with van der Waals surface area (Å²) in [4.78, 5) is 81.0. The van der Waals surface area contributed by atoms with E-state index in [4.69, 9.17) is 15.6 Å². The second-order valence-electron chi connectivity index (χ2n) is 17.0. The van der Waals surface area contributed by atoms with Crippen LogP contribution in [0.4, 0.5) is 16.3 Å². The first-order chi connectivity index (χ1) is 30.2. The Morgan fingerprint density at radius 2 is 1.45 bits per heavy atom. The highest BCUT2D eigenvalue weighted by molar-refractivity contribution is 6.23. The van der Waals surface area contributed by atoms with Crippen LogP contribution in [0, 0.1) is 11.8 Å². The molecule has 3 N–H and O–H groups in total. The minimum atomic E-state index is -0.984. The molecule has 0 radical (unpaired) electrons. The van der Waals surface area contributed by atoms with Gasteiger partial charge in [0.25, 0.3) is 11.8 Å². The summed E-state index contributed by atoms with van der Waals surface area (Å²) in [7, 11) is 0. The zero-order valence-corrected chi connectivity index (χ0v) is 34.3. The second-order valence-corrected chi connectivity index (χ2v) is 17.0. The predicted octanol–water partition coefficient (Wildman–Crippen LogP) is 5.65. The summed E-state index contributed by atoms with van der Waals surface area (Å²) in [5.74, 6) is 0.880. The molecule has 0 bridgehead atoms. The van der Waals surface area contributed by atoms with Gasteiger partial charge < -0.3 is 25.2 Å². The van der Waals surface area contributed by atoms with E-state index in [1.807, 2.05) is 75.1 Å². The number of nitrogens with two attached hydrogens (primary N) is 1. The van der Waals surface area contributed by atoms with Gasteiger partial charge in [-0.15, -0.1) is 0 Å². The van der Waals surface area contributed by atoms with Crippen LogP contribution in [0.25, 0.3) is 22.3 Å². The fraction of sp³-hybridized carbons (Fsp3) is 0.391. The number of fused-ring (bicyclic) bond motifs is 2. The van der Waals surface area contributed by atoms with Gasteiger partial charge in [-0.25, -0.2) is 19.4 Å². The fourth-order valence-electron chi connectivity index (χ4n) is 10.1. The van der Waals surface area contributed by atoms with Gasteiger partial charge in [-0.3, -0.25) is 29.4 Å². The topological polar surface area (TPSA) is 189 Å². The van der Waals surface area contributed by atoms with Crippen LogP contribution in [0.1, 0.15) is 78.1 Å². The van der Waals surface area contributed by atoms with Gasteiger partial charge in [0, 0.05) is 56.9 Å². The molecule has 7 heterocycles. The van der Waals surface area contributed by atoms with E-state index in [1.54, 1.807) is 12.1 Å². The maximum atomic E-state index is 14.1. The van der Waals surface area contributed by atoms with E-state index in [9.17, 15) is 24.0 Å². The number of likely N-dealkylation sites (tertiary alicyclic amines) is 2. The van der Waals surface area contributed by atoms with Gasteiger partial charge in [-0.05, 0) is 111 Å². The van der Waals surface area contributed by atoms with Crippen molar-refractivity contribution in [3.63, 3.8) is 0 Å². The molecule has 2 atom stereocenters. The van der Waals surface area contributed by atoms with Crippen molar-refractivity contribution in [2.24, 2.45) is 11.8 Å². The lowest BCUT2D eigenvalue weighted by molar-refractivity contribution is -0.136. The number of ether oxygens (including phenoxy) is 1. The van der Waals surface area contributed by atoms with E-state index in [-0.39, 0.29) is 30.5 Å². The molecule has 0 aliphatic carbocycles. The highest BCUT2D eigenvalue weighted by Crippen LogP contribution is 2.38. The molecule has 0 saturated carbocycles. The van der Waals surface area contributed by atoms with Crippen molar-refractivity contribution in [3.8, 4) is 22.8 Å². The number of urea groups is 1. The van der Waals surface area contributed by atoms with E-state index in [2.05, 4.69) is 20.2 Å². The summed E-state index contributed by atoms with van der Waals surface area (Å²) >= 11 is 0. The second kappa shape index (κ2) is 16.2. The van der Waals surface area contributed by atoms with E-state index in [1.165, 1.54) is 6.33 Å². The number of nitrogens with zero attached hydrogens (tertiary/aromatic N) is 8. The zero-order chi connectivity index (χ0) is 42.5. The first-order valence-corrected chi connectivity index (χ1v) is 21.7. The molecule has 3 aromatic carbocycles. The lowest BCUT2D eigenvalue weighted by Gasteiger charge is -2.42. The zero-order valence-electron chi connectivity index (χ0n) is 34.3. The molecule has 4 saturated heterocycles. The van der Waals surface area contributed by atoms with Crippen molar-refractivity contribution in [1.82, 2.24) is 39.8 Å². The molecule has 10 rings (SSSR count). The summed E-state index contributed by atoms with van der Waals surface area (Å²) < 4.78 is 7.94. The molecule has 4 fully saturated rings. The number of nitrogens with one attached hydrogen (secondary N) is 1. The molecule has 5 aromatic rings. The molecular formula is C46H48N10O6. The highest BCUT2D eigenvalue weighted by atomic mass is 16.5. The van der Waals surface area contributed by atoms with Crippen molar-refractivity contribution in [1.29, 1.82) is 0 Å². The maximum absolute atomic E-state index is 14.1. The van der Waals surface area contributed by atoms with E-state index in [0.717, 1.165) is 86.6 Å². The number of carbonyl (C=O) groups is 5. The lowest BCUT2D eigenvalue weighted by Crippen LogP contribution is -2.54. The molecule has 2 aromatic heterocycles. The summed E-state index contributed by atoms with van der Waals surface area (Å²) in [5.41, 5.74) is 10.1. The van der Waals surface area contributed by atoms with Gasteiger partial charge >= 0.3 is 6.03 Å². The third-order valence-corrected chi connectivity index (χ3v) is 13.4. The summed E-state index contributed by atoms with van der Waals surface area (Å²) in [6.07, 6.45) is 7.29. The number of carbonyl (C=O) groups excluding carboxylic acids is 5. The lowest BCUT2D eigenvalue weighted by atomic mass is 9.78. The van der Waals surface area contributed by atoms with Crippen molar-refractivity contribution in [2.45, 2.75) is 63.5 Å². The van der Waals surface area contributed by atoms with Crippen molar-refractivity contribution < 1.29 is 28.7 Å². The molecule has 6 amide bonds. The Kier molecular flexibility index (Phi) is 10.3. The molecule has 16 heteroatoms. The molecule has 5 aliphatic rings. The largest absolute Gasteiger partial charge is 0.457 e. The Morgan fingerprint density at radius 1 is 0.742 bits per heavy atom. The summed E-state index contributed by atoms with van der Waals surface area (Å²) in [5, 5.41) is 8.02. The Labute approximate surface area is 358 Å². The highest BCUT2D eigenvalue weighted by Gasteiger charge is 2.45. The number of rotatable bonds is 7.